The molecule has 0 radical (unpaired) electrons. The molecule has 4 nitrogen and oxygen atoms in total. The van der Waals surface area contributed by atoms with Crippen molar-refractivity contribution in [2.24, 2.45) is 0 Å². The zero-order valence-corrected chi connectivity index (χ0v) is 13.3. The van der Waals surface area contributed by atoms with Crippen molar-refractivity contribution in [2.75, 3.05) is 4.72 Å². The second kappa shape index (κ2) is 6.05. The molecule has 0 aromatic heterocycles. The van der Waals surface area contributed by atoms with E-state index in [0.717, 1.165) is 5.56 Å². The van der Waals surface area contributed by atoms with Crippen molar-refractivity contribution in [3.8, 4) is 0 Å². The summed E-state index contributed by atoms with van der Waals surface area (Å²) in [5.74, 6) is 0. The molecule has 0 unspecified atom stereocenters. The van der Waals surface area contributed by atoms with Gasteiger partial charge < -0.3 is 5.11 Å². The van der Waals surface area contributed by atoms with Crippen LogP contribution >= 0.6 is 11.6 Å². The number of nitrogens with one attached hydrogen (secondary N) is 1. The molecule has 0 aliphatic rings. The van der Waals surface area contributed by atoms with E-state index in [1.54, 1.807) is 31.2 Å². The molecule has 112 valence electrons. The lowest BCUT2D eigenvalue weighted by atomic mass is 10.1. The molecule has 0 saturated heterocycles. The van der Waals surface area contributed by atoms with Crippen LogP contribution in [0.3, 0.4) is 0 Å². The van der Waals surface area contributed by atoms with E-state index in [-0.39, 0.29) is 11.5 Å². The summed E-state index contributed by atoms with van der Waals surface area (Å²) >= 11 is 5.99. The number of benzene rings is 2. The fourth-order valence-electron chi connectivity index (χ4n) is 1.91. The SMILES string of the molecule is Cc1ccc(S(=O)(=O)Nc2cccc(Cl)c2C)cc1CO. The number of halogens is 1. The summed E-state index contributed by atoms with van der Waals surface area (Å²) in [7, 11) is -3.72. The molecule has 0 bridgehead atoms. The highest BCUT2D eigenvalue weighted by Gasteiger charge is 2.17. The normalized spacial score (nSPS) is 11.4. The Bertz CT molecular complexity index is 772. The van der Waals surface area contributed by atoms with E-state index >= 15 is 0 Å². The Balaban J connectivity index is 2.41. The molecule has 0 fully saturated rings. The first-order valence-electron chi connectivity index (χ1n) is 6.33. The number of sulfonamides is 1. The molecule has 0 saturated carbocycles. The molecular weight excluding hydrogens is 310 g/mol. The van der Waals surface area contributed by atoms with Crippen LogP contribution in [0.5, 0.6) is 0 Å². The predicted molar refractivity (Wildman–Crippen MR) is 84.1 cm³/mol. The lowest BCUT2D eigenvalue weighted by Crippen LogP contribution is -2.14. The Morgan fingerprint density at radius 3 is 2.57 bits per heavy atom. The maximum atomic E-state index is 12.4. The summed E-state index contributed by atoms with van der Waals surface area (Å²) in [5.41, 5.74) is 2.53. The minimum Gasteiger partial charge on any atom is -0.392 e. The average molecular weight is 326 g/mol. The molecule has 2 aromatic rings. The van der Waals surface area contributed by atoms with E-state index in [9.17, 15) is 13.5 Å². The number of aryl methyl sites for hydroxylation is 1. The zero-order chi connectivity index (χ0) is 15.6. The molecule has 6 heteroatoms. The minimum absolute atomic E-state index is 0.108. The van der Waals surface area contributed by atoms with Gasteiger partial charge in [-0.25, -0.2) is 8.42 Å². The summed E-state index contributed by atoms with van der Waals surface area (Å²) in [6, 6.07) is 9.69. The summed E-state index contributed by atoms with van der Waals surface area (Å²) in [5, 5.41) is 9.74. The fourth-order valence-corrected chi connectivity index (χ4v) is 3.25. The van der Waals surface area contributed by atoms with Crippen LogP contribution in [-0.4, -0.2) is 13.5 Å². The van der Waals surface area contributed by atoms with Gasteiger partial charge in [-0.1, -0.05) is 23.7 Å². The number of hydrogen-bond donors (Lipinski definition) is 2. The van der Waals surface area contributed by atoms with Crippen LogP contribution in [0.2, 0.25) is 5.02 Å². The highest BCUT2D eigenvalue weighted by molar-refractivity contribution is 7.92. The van der Waals surface area contributed by atoms with Crippen LogP contribution in [0.25, 0.3) is 0 Å². The Kier molecular flexibility index (Phi) is 4.56. The quantitative estimate of drug-likeness (QED) is 0.906. The van der Waals surface area contributed by atoms with E-state index in [1.807, 2.05) is 6.92 Å². The Morgan fingerprint density at radius 1 is 1.19 bits per heavy atom. The van der Waals surface area contributed by atoms with Crippen molar-refractivity contribution in [1.82, 2.24) is 0 Å². The third-order valence-corrected chi connectivity index (χ3v) is 5.09. The van der Waals surface area contributed by atoms with Gasteiger partial charge >= 0.3 is 0 Å². The number of rotatable bonds is 4. The van der Waals surface area contributed by atoms with Gasteiger partial charge in [0.25, 0.3) is 10.0 Å². The second-order valence-electron chi connectivity index (χ2n) is 4.76. The third-order valence-electron chi connectivity index (χ3n) is 3.31. The van der Waals surface area contributed by atoms with Crippen LogP contribution in [0.4, 0.5) is 5.69 Å². The van der Waals surface area contributed by atoms with Crippen molar-refractivity contribution >= 4 is 27.3 Å². The lowest BCUT2D eigenvalue weighted by molar-refractivity contribution is 0.281. The molecule has 2 N–H and O–H groups in total. The van der Waals surface area contributed by atoms with Crippen LogP contribution in [0, 0.1) is 13.8 Å². The first-order chi connectivity index (χ1) is 9.85. The Hall–Kier alpha value is -1.56. The molecule has 0 atom stereocenters. The number of aliphatic hydroxyl groups excluding tert-OH is 1. The molecule has 0 spiro atoms. The van der Waals surface area contributed by atoms with Gasteiger partial charge in [0.2, 0.25) is 0 Å². The van der Waals surface area contributed by atoms with Gasteiger partial charge in [-0.3, -0.25) is 4.72 Å². The standard InChI is InChI=1S/C15H16ClNO3S/c1-10-6-7-13(8-12(10)9-18)21(19,20)17-15-5-3-4-14(16)11(15)2/h3-8,17-18H,9H2,1-2H3. The summed E-state index contributed by atoms with van der Waals surface area (Å²) in [6.45, 7) is 3.36. The Labute approximate surface area is 129 Å². The molecule has 0 amide bonds. The number of aliphatic hydroxyl groups is 1. The smallest absolute Gasteiger partial charge is 0.261 e. The maximum Gasteiger partial charge on any atom is 0.261 e. The van der Waals surface area contributed by atoms with Gasteiger partial charge in [0, 0.05) is 5.02 Å². The average Bonchev–Trinajstić information content (AvgIpc) is 2.44. The molecule has 0 heterocycles. The van der Waals surface area contributed by atoms with Crippen molar-refractivity contribution in [3.05, 3.63) is 58.1 Å². The van der Waals surface area contributed by atoms with E-state index in [1.165, 1.54) is 12.1 Å². The predicted octanol–water partition coefficient (Wildman–Crippen LogP) is 3.25. The zero-order valence-electron chi connectivity index (χ0n) is 11.7. The molecule has 21 heavy (non-hydrogen) atoms. The van der Waals surface area contributed by atoms with Gasteiger partial charge in [-0.05, 0) is 54.8 Å². The summed E-state index contributed by atoms with van der Waals surface area (Å²) in [4.78, 5) is 0.108. The van der Waals surface area contributed by atoms with Crippen molar-refractivity contribution in [1.29, 1.82) is 0 Å². The summed E-state index contributed by atoms with van der Waals surface area (Å²) in [6.07, 6.45) is 0. The van der Waals surface area contributed by atoms with Crippen LogP contribution in [0.1, 0.15) is 16.7 Å². The van der Waals surface area contributed by atoms with Gasteiger partial charge in [0.05, 0.1) is 17.2 Å². The fraction of sp³-hybridized carbons (Fsp3) is 0.200. The largest absolute Gasteiger partial charge is 0.392 e. The van der Waals surface area contributed by atoms with E-state index in [0.29, 0.717) is 21.8 Å². The highest BCUT2D eigenvalue weighted by Crippen LogP contribution is 2.26. The van der Waals surface area contributed by atoms with Gasteiger partial charge in [-0.15, -0.1) is 0 Å². The number of anilines is 1. The lowest BCUT2D eigenvalue weighted by Gasteiger charge is -2.12. The minimum atomic E-state index is -3.72. The van der Waals surface area contributed by atoms with E-state index < -0.39 is 10.0 Å². The third kappa shape index (κ3) is 3.37. The molecule has 0 aliphatic carbocycles. The second-order valence-corrected chi connectivity index (χ2v) is 6.85. The first kappa shape index (κ1) is 15.8. The first-order valence-corrected chi connectivity index (χ1v) is 8.19. The molecular formula is C15H16ClNO3S. The van der Waals surface area contributed by atoms with E-state index in [4.69, 9.17) is 11.6 Å². The molecule has 2 rings (SSSR count). The number of hydrogen-bond acceptors (Lipinski definition) is 3. The highest BCUT2D eigenvalue weighted by atomic mass is 35.5. The molecule has 2 aromatic carbocycles. The van der Waals surface area contributed by atoms with Crippen LogP contribution in [-0.2, 0) is 16.6 Å². The van der Waals surface area contributed by atoms with Crippen LogP contribution in [0.15, 0.2) is 41.3 Å². The van der Waals surface area contributed by atoms with Crippen LogP contribution < -0.4 is 4.72 Å². The van der Waals surface area contributed by atoms with Crippen molar-refractivity contribution < 1.29 is 13.5 Å². The molecule has 0 aliphatic heterocycles. The summed E-state index contributed by atoms with van der Waals surface area (Å²) < 4.78 is 27.3. The van der Waals surface area contributed by atoms with E-state index in [2.05, 4.69) is 4.72 Å². The topological polar surface area (TPSA) is 66.4 Å². The maximum absolute atomic E-state index is 12.4. The van der Waals surface area contributed by atoms with Gasteiger partial charge in [0.15, 0.2) is 0 Å². The monoisotopic (exact) mass is 325 g/mol. The van der Waals surface area contributed by atoms with Gasteiger partial charge in [0.1, 0.15) is 0 Å². The van der Waals surface area contributed by atoms with Gasteiger partial charge in [-0.2, -0.15) is 0 Å². The van der Waals surface area contributed by atoms with Crippen molar-refractivity contribution in [2.45, 2.75) is 25.3 Å². The Morgan fingerprint density at radius 2 is 1.90 bits per heavy atom. The van der Waals surface area contributed by atoms with Crippen molar-refractivity contribution in [3.63, 3.8) is 0 Å².